The van der Waals surface area contributed by atoms with Gasteiger partial charge in [-0.15, -0.1) is 11.8 Å². The molecule has 0 fully saturated rings. The number of hydrogen-bond acceptors (Lipinski definition) is 3. The molecule has 0 radical (unpaired) electrons. The van der Waals surface area contributed by atoms with E-state index >= 15 is 0 Å². The summed E-state index contributed by atoms with van der Waals surface area (Å²) >= 11 is 1.65. The molecule has 0 bridgehead atoms. The lowest BCUT2D eigenvalue weighted by molar-refractivity contribution is -0.116. The Balaban J connectivity index is 1.85. The van der Waals surface area contributed by atoms with Crippen molar-refractivity contribution in [2.75, 3.05) is 11.6 Å². The summed E-state index contributed by atoms with van der Waals surface area (Å²) in [4.78, 5) is 26.2. The van der Waals surface area contributed by atoms with Gasteiger partial charge in [-0.1, -0.05) is 19.1 Å². The number of hydrogen-bond donors (Lipinski definition) is 1. The van der Waals surface area contributed by atoms with Crippen molar-refractivity contribution in [2.45, 2.75) is 31.3 Å². The molecule has 1 N–H and O–H groups in total. The van der Waals surface area contributed by atoms with Crippen LogP contribution in [0.5, 0.6) is 0 Å². The third kappa shape index (κ3) is 3.64. The van der Waals surface area contributed by atoms with Crippen molar-refractivity contribution >= 4 is 34.4 Å². The third-order valence-electron chi connectivity index (χ3n) is 4.05. The molecule has 0 aliphatic carbocycles. The average Bonchev–Trinajstić information content (AvgIpc) is 2.89. The van der Waals surface area contributed by atoms with Crippen molar-refractivity contribution in [2.24, 2.45) is 0 Å². The quantitative estimate of drug-likeness (QED) is 0.688. The van der Waals surface area contributed by atoms with Crippen molar-refractivity contribution in [3.63, 3.8) is 0 Å². The number of fused-ring (bicyclic) bond motifs is 1. The molecule has 6 heteroatoms. The highest BCUT2D eigenvalue weighted by molar-refractivity contribution is 7.98. The smallest absolute Gasteiger partial charge is 0.325 e. The van der Waals surface area contributed by atoms with Crippen LogP contribution in [-0.4, -0.2) is 21.3 Å². The minimum absolute atomic E-state index is 0.000337. The summed E-state index contributed by atoms with van der Waals surface area (Å²) in [6, 6.07) is 15.2. The number of thioether (sulfide) groups is 1. The van der Waals surface area contributed by atoms with Gasteiger partial charge in [0.2, 0.25) is 5.91 Å². The number of nitrogens with zero attached hydrogens (tertiary/aromatic N) is 2. The number of para-hydroxylation sites is 2. The van der Waals surface area contributed by atoms with Crippen molar-refractivity contribution < 1.29 is 4.79 Å². The van der Waals surface area contributed by atoms with E-state index in [1.54, 1.807) is 16.3 Å². The lowest BCUT2D eigenvalue weighted by Gasteiger charge is -2.07. The van der Waals surface area contributed by atoms with Gasteiger partial charge < -0.3 is 5.32 Å². The predicted molar refractivity (Wildman–Crippen MR) is 103 cm³/mol. The second kappa shape index (κ2) is 7.61. The number of anilines is 1. The average molecular weight is 355 g/mol. The SMILES string of the molecule is CCCn1c(=O)n(CC(=O)Nc2ccc(SC)cc2)c2ccccc21. The van der Waals surface area contributed by atoms with Gasteiger partial charge in [0.05, 0.1) is 11.0 Å². The molecule has 5 nitrogen and oxygen atoms in total. The maximum atomic E-state index is 12.7. The summed E-state index contributed by atoms with van der Waals surface area (Å²) in [5, 5.41) is 2.86. The number of aromatic nitrogens is 2. The number of amides is 1. The third-order valence-corrected chi connectivity index (χ3v) is 4.79. The first kappa shape index (κ1) is 17.4. The van der Waals surface area contributed by atoms with Crippen LogP contribution < -0.4 is 11.0 Å². The topological polar surface area (TPSA) is 56.0 Å². The zero-order valence-electron chi connectivity index (χ0n) is 14.4. The van der Waals surface area contributed by atoms with Crippen LogP contribution in [0.2, 0.25) is 0 Å². The van der Waals surface area contributed by atoms with Gasteiger partial charge in [0, 0.05) is 17.1 Å². The molecule has 1 aromatic heterocycles. The van der Waals surface area contributed by atoms with Gasteiger partial charge in [-0.2, -0.15) is 0 Å². The summed E-state index contributed by atoms with van der Waals surface area (Å²) in [7, 11) is 0. The summed E-state index contributed by atoms with van der Waals surface area (Å²) < 4.78 is 3.27. The Hall–Kier alpha value is -2.47. The second-order valence-corrected chi connectivity index (χ2v) is 6.67. The van der Waals surface area contributed by atoms with Crippen LogP contribution in [-0.2, 0) is 17.9 Å². The van der Waals surface area contributed by atoms with E-state index in [1.165, 1.54) is 4.57 Å². The first-order valence-electron chi connectivity index (χ1n) is 8.26. The monoisotopic (exact) mass is 355 g/mol. The highest BCUT2D eigenvalue weighted by Crippen LogP contribution is 2.18. The fourth-order valence-corrected chi connectivity index (χ4v) is 3.29. The van der Waals surface area contributed by atoms with E-state index in [1.807, 2.05) is 61.7 Å². The Bertz CT molecular complexity index is 941. The first-order chi connectivity index (χ1) is 12.1. The van der Waals surface area contributed by atoms with E-state index in [-0.39, 0.29) is 18.1 Å². The van der Waals surface area contributed by atoms with Gasteiger partial charge >= 0.3 is 5.69 Å². The largest absolute Gasteiger partial charge is 0.329 e. The number of carbonyl (C=O) groups excluding carboxylic acids is 1. The fraction of sp³-hybridized carbons (Fsp3) is 0.263. The molecule has 0 atom stereocenters. The molecular formula is C19H21N3O2S. The summed E-state index contributed by atoms with van der Waals surface area (Å²) in [5.41, 5.74) is 2.24. The number of aryl methyl sites for hydroxylation is 1. The van der Waals surface area contributed by atoms with E-state index in [0.717, 1.165) is 28.0 Å². The number of nitrogens with one attached hydrogen (secondary N) is 1. The Morgan fingerprint density at radius 3 is 2.28 bits per heavy atom. The standard InChI is InChI=1S/C19H21N3O2S/c1-3-12-21-16-6-4-5-7-17(16)22(19(21)24)13-18(23)20-14-8-10-15(25-2)11-9-14/h4-11H,3,12-13H2,1-2H3,(H,20,23). The van der Waals surface area contributed by atoms with Gasteiger partial charge in [-0.25, -0.2) is 4.79 Å². The Kier molecular flexibility index (Phi) is 5.28. The molecule has 0 saturated heterocycles. The Morgan fingerprint density at radius 1 is 1.04 bits per heavy atom. The number of imidazole rings is 1. The number of carbonyl (C=O) groups is 1. The van der Waals surface area contributed by atoms with Crippen LogP contribution in [0.1, 0.15) is 13.3 Å². The zero-order valence-corrected chi connectivity index (χ0v) is 15.2. The fourth-order valence-electron chi connectivity index (χ4n) is 2.88. The van der Waals surface area contributed by atoms with Crippen LogP contribution in [0.25, 0.3) is 11.0 Å². The lowest BCUT2D eigenvalue weighted by Crippen LogP contribution is -2.29. The van der Waals surface area contributed by atoms with Gasteiger partial charge in [0.25, 0.3) is 0 Å². The van der Waals surface area contributed by atoms with Crippen LogP contribution in [0.15, 0.2) is 58.2 Å². The molecule has 25 heavy (non-hydrogen) atoms. The molecule has 2 aromatic carbocycles. The Morgan fingerprint density at radius 2 is 1.68 bits per heavy atom. The minimum atomic E-state index is -0.210. The molecule has 0 unspecified atom stereocenters. The van der Waals surface area contributed by atoms with Crippen molar-refractivity contribution in [1.29, 1.82) is 0 Å². The maximum absolute atomic E-state index is 12.7. The normalized spacial score (nSPS) is 11.0. The molecule has 0 spiro atoms. The maximum Gasteiger partial charge on any atom is 0.329 e. The van der Waals surface area contributed by atoms with Crippen molar-refractivity contribution in [1.82, 2.24) is 9.13 Å². The Labute approximate surface area is 150 Å². The molecule has 1 amide bonds. The zero-order chi connectivity index (χ0) is 17.8. The van der Waals surface area contributed by atoms with Gasteiger partial charge in [-0.05, 0) is 49.1 Å². The molecule has 3 rings (SSSR count). The summed E-state index contributed by atoms with van der Waals surface area (Å²) in [6.07, 6.45) is 2.87. The molecular weight excluding hydrogens is 334 g/mol. The summed E-state index contributed by atoms with van der Waals surface area (Å²) in [6.45, 7) is 2.67. The van der Waals surface area contributed by atoms with E-state index in [2.05, 4.69) is 5.32 Å². The minimum Gasteiger partial charge on any atom is -0.325 e. The first-order valence-corrected chi connectivity index (χ1v) is 9.48. The molecule has 0 aliphatic rings. The second-order valence-electron chi connectivity index (χ2n) is 5.79. The number of benzene rings is 2. The van der Waals surface area contributed by atoms with Gasteiger partial charge in [0.15, 0.2) is 0 Å². The van der Waals surface area contributed by atoms with Crippen LogP contribution in [0, 0.1) is 0 Å². The van der Waals surface area contributed by atoms with Crippen LogP contribution in [0.3, 0.4) is 0 Å². The molecule has 1 heterocycles. The van der Waals surface area contributed by atoms with E-state index < -0.39 is 0 Å². The predicted octanol–water partition coefficient (Wildman–Crippen LogP) is 3.57. The van der Waals surface area contributed by atoms with Crippen LogP contribution >= 0.6 is 11.8 Å². The summed E-state index contributed by atoms with van der Waals surface area (Å²) in [5.74, 6) is -0.210. The van der Waals surface area contributed by atoms with Crippen LogP contribution in [0.4, 0.5) is 5.69 Å². The van der Waals surface area contributed by atoms with Crippen molar-refractivity contribution in [3.05, 3.63) is 59.0 Å². The van der Waals surface area contributed by atoms with Gasteiger partial charge in [0.1, 0.15) is 6.54 Å². The van der Waals surface area contributed by atoms with E-state index in [0.29, 0.717) is 6.54 Å². The molecule has 0 aliphatic heterocycles. The van der Waals surface area contributed by atoms with Crippen molar-refractivity contribution in [3.8, 4) is 0 Å². The van der Waals surface area contributed by atoms with E-state index in [4.69, 9.17) is 0 Å². The molecule has 0 saturated carbocycles. The van der Waals surface area contributed by atoms with Gasteiger partial charge in [-0.3, -0.25) is 13.9 Å². The number of rotatable bonds is 6. The lowest BCUT2D eigenvalue weighted by atomic mass is 10.3. The molecule has 3 aromatic rings. The van der Waals surface area contributed by atoms with E-state index in [9.17, 15) is 9.59 Å². The molecule has 130 valence electrons. The highest BCUT2D eigenvalue weighted by atomic mass is 32.2. The highest BCUT2D eigenvalue weighted by Gasteiger charge is 2.14.